The molecule has 0 saturated carbocycles. The molecular formula is C20H16N6O4S. The largest absolute Gasteiger partial charge is 0.325 e. The number of hydrogen-bond acceptors (Lipinski definition) is 7. The molecule has 1 amide bonds. The summed E-state index contributed by atoms with van der Waals surface area (Å²) >= 11 is 1.04. The van der Waals surface area contributed by atoms with Crippen LogP contribution >= 0.6 is 11.8 Å². The number of nitro groups is 1. The summed E-state index contributed by atoms with van der Waals surface area (Å²) in [7, 11) is 0. The molecule has 0 fully saturated rings. The van der Waals surface area contributed by atoms with Gasteiger partial charge in [-0.25, -0.2) is 9.67 Å². The molecule has 0 bridgehead atoms. The minimum atomic E-state index is -0.536. The van der Waals surface area contributed by atoms with E-state index in [2.05, 4.69) is 20.4 Å². The Morgan fingerprint density at radius 3 is 2.84 bits per heavy atom. The smallest absolute Gasteiger partial charge is 0.271 e. The van der Waals surface area contributed by atoms with Crippen LogP contribution < -0.4 is 10.9 Å². The van der Waals surface area contributed by atoms with Crippen LogP contribution in [0.5, 0.6) is 0 Å². The molecule has 0 radical (unpaired) electrons. The summed E-state index contributed by atoms with van der Waals surface area (Å²) in [4.78, 5) is 42.1. The van der Waals surface area contributed by atoms with Crippen molar-refractivity contribution in [2.24, 2.45) is 0 Å². The van der Waals surface area contributed by atoms with E-state index >= 15 is 0 Å². The molecule has 11 heteroatoms. The third kappa shape index (κ3) is 4.46. The summed E-state index contributed by atoms with van der Waals surface area (Å²) in [6, 6.07) is 13.3. The highest BCUT2D eigenvalue weighted by atomic mass is 32.2. The van der Waals surface area contributed by atoms with Gasteiger partial charge in [0.05, 0.1) is 22.6 Å². The molecule has 31 heavy (non-hydrogen) atoms. The number of aryl methyl sites for hydroxylation is 1. The van der Waals surface area contributed by atoms with Gasteiger partial charge in [0.1, 0.15) is 5.39 Å². The average Bonchev–Trinajstić information content (AvgIpc) is 3.17. The minimum absolute atomic E-state index is 0.0459. The van der Waals surface area contributed by atoms with Gasteiger partial charge in [-0.1, -0.05) is 30.0 Å². The van der Waals surface area contributed by atoms with Crippen LogP contribution in [0.2, 0.25) is 0 Å². The van der Waals surface area contributed by atoms with Crippen LogP contribution in [-0.2, 0) is 4.79 Å². The number of H-pyrrole nitrogens is 1. The first kappa shape index (κ1) is 20.3. The van der Waals surface area contributed by atoms with Gasteiger partial charge in [-0.2, -0.15) is 5.10 Å². The molecule has 4 rings (SSSR count). The van der Waals surface area contributed by atoms with Crippen molar-refractivity contribution >= 4 is 40.1 Å². The van der Waals surface area contributed by atoms with E-state index in [1.165, 1.54) is 24.4 Å². The SMILES string of the molecule is Cc1cccc(-n2ncc3c(=O)[nH]c(SCC(=O)Nc4cccc([N+](=O)[O-])c4)nc32)c1. The minimum Gasteiger partial charge on any atom is -0.325 e. The molecule has 2 N–H and O–H groups in total. The van der Waals surface area contributed by atoms with Crippen LogP contribution in [-0.4, -0.2) is 36.3 Å². The van der Waals surface area contributed by atoms with Crippen molar-refractivity contribution in [1.29, 1.82) is 0 Å². The molecule has 0 spiro atoms. The Balaban J connectivity index is 1.53. The Morgan fingerprint density at radius 2 is 2.06 bits per heavy atom. The summed E-state index contributed by atoms with van der Waals surface area (Å²) in [5.41, 5.74) is 2.04. The molecule has 2 heterocycles. The van der Waals surface area contributed by atoms with Crippen molar-refractivity contribution in [2.75, 3.05) is 11.1 Å². The number of thioether (sulfide) groups is 1. The fourth-order valence-corrected chi connectivity index (χ4v) is 3.60. The lowest BCUT2D eigenvalue weighted by Crippen LogP contribution is -2.15. The standard InChI is InChI=1S/C20H16N6O4S/c1-12-4-2-6-14(8-12)25-18-16(10-21-25)19(28)24-20(23-18)31-11-17(27)22-13-5-3-7-15(9-13)26(29)30/h2-10H,11H2,1H3,(H,22,27)(H,23,24,28). The number of nitro benzene ring substituents is 1. The summed E-state index contributed by atoms with van der Waals surface area (Å²) < 4.78 is 1.57. The van der Waals surface area contributed by atoms with Gasteiger partial charge in [-0.05, 0) is 30.7 Å². The first-order valence-corrected chi connectivity index (χ1v) is 10.1. The fraction of sp³-hybridized carbons (Fsp3) is 0.100. The molecule has 4 aromatic rings. The van der Waals surface area contributed by atoms with E-state index in [1.54, 1.807) is 10.7 Å². The summed E-state index contributed by atoms with van der Waals surface area (Å²) in [6.45, 7) is 1.96. The number of benzene rings is 2. The predicted molar refractivity (Wildman–Crippen MR) is 117 cm³/mol. The van der Waals surface area contributed by atoms with Crippen molar-refractivity contribution in [2.45, 2.75) is 12.1 Å². The second-order valence-corrected chi connectivity index (χ2v) is 7.61. The highest BCUT2D eigenvalue weighted by molar-refractivity contribution is 7.99. The number of aromatic nitrogens is 4. The highest BCUT2D eigenvalue weighted by Crippen LogP contribution is 2.20. The molecule has 2 aromatic carbocycles. The predicted octanol–water partition coefficient (Wildman–Crippen LogP) is 3.06. The number of nitrogens with zero attached hydrogens (tertiary/aromatic N) is 4. The number of non-ortho nitro benzene ring substituents is 1. The van der Waals surface area contributed by atoms with E-state index in [-0.39, 0.29) is 28.1 Å². The van der Waals surface area contributed by atoms with E-state index in [0.29, 0.717) is 16.7 Å². The van der Waals surface area contributed by atoms with E-state index in [0.717, 1.165) is 23.0 Å². The third-order valence-corrected chi connectivity index (χ3v) is 5.22. The lowest BCUT2D eigenvalue weighted by Gasteiger charge is -2.06. The Labute approximate surface area is 179 Å². The quantitative estimate of drug-likeness (QED) is 0.205. The first-order chi connectivity index (χ1) is 14.9. The van der Waals surface area contributed by atoms with Crippen molar-refractivity contribution in [1.82, 2.24) is 19.7 Å². The fourth-order valence-electron chi connectivity index (χ4n) is 2.94. The number of carbonyl (C=O) groups excluding carboxylic acids is 1. The number of fused-ring (bicyclic) bond motifs is 1. The van der Waals surface area contributed by atoms with Gasteiger partial charge < -0.3 is 10.3 Å². The Hall–Kier alpha value is -3.99. The molecule has 0 aliphatic rings. The zero-order chi connectivity index (χ0) is 22.0. The van der Waals surface area contributed by atoms with E-state index in [1.807, 2.05) is 31.2 Å². The first-order valence-electron chi connectivity index (χ1n) is 9.13. The second kappa shape index (κ2) is 8.40. The molecule has 0 atom stereocenters. The van der Waals surface area contributed by atoms with Gasteiger partial charge in [-0.3, -0.25) is 19.7 Å². The summed E-state index contributed by atoms with van der Waals surface area (Å²) in [5, 5.41) is 18.3. The Kier molecular flexibility index (Phi) is 5.50. The average molecular weight is 436 g/mol. The summed E-state index contributed by atoms with van der Waals surface area (Å²) in [5.74, 6) is -0.434. The molecule has 0 aliphatic carbocycles. The van der Waals surface area contributed by atoms with Crippen LogP contribution in [0.1, 0.15) is 5.56 Å². The maximum atomic E-state index is 12.4. The number of rotatable bonds is 6. The lowest BCUT2D eigenvalue weighted by molar-refractivity contribution is -0.384. The topological polar surface area (TPSA) is 136 Å². The van der Waals surface area contributed by atoms with E-state index in [9.17, 15) is 19.7 Å². The monoisotopic (exact) mass is 436 g/mol. The van der Waals surface area contributed by atoms with Crippen molar-refractivity contribution < 1.29 is 9.72 Å². The Bertz CT molecular complexity index is 1360. The van der Waals surface area contributed by atoms with Crippen LogP contribution in [0.15, 0.2) is 64.7 Å². The van der Waals surface area contributed by atoms with Crippen molar-refractivity contribution in [3.05, 3.63) is 80.8 Å². The van der Waals surface area contributed by atoms with Gasteiger partial charge >= 0.3 is 0 Å². The van der Waals surface area contributed by atoms with Gasteiger partial charge in [0.15, 0.2) is 10.8 Å². The van der Waals surface area contributed by atoms with Crippen LogP contribution in [0.3, 0.4) is 0 Å². The van der Waals surface area contributed by atoms with E-state index in [4.69, 9.17) is 0 Å². The van der Waals surface area contributed by atoms with Crippen LogP contribution in [0.25, 0.3) is 16.7 Å². The highest BCUT2D eigenvalue weighted by Gasteiger charge is 2.14. The molecule has 10 nitrogen and oxygen atoms in total. The lowest BCUT2D eigenvalue weighted by atomic mass is 10.2. The molecule has 0 aliphatic heterocycles. The number of anilines is 1. The normalized spacial score (nSPS) is 10.9. The number of amides is 1. The maximum Gasteiger partial charge on any atom is 0.271 e. The van der Waals surface area contributed by atoms with Gasteiger partial charge in [0.2, 0.25) is 5.91 Å². The molecule has 2 aromatic heterocycles. The summed E-state index contributed by atoms with van der Waals surface area (Å²) in [6.07, 6.45) is 1.45. The number of nitrogens with one attached hydrogen (secondary N) is 2. The molecular weight excluding hydrogens is 420 g/mol. The second-order valence-electron chi connectivity index (χ2n) is 6.65. The molecule has 0 unspecified atom stereocenters. The number of hydrogen-bond donors (Lipinski definition) is 2. The molecule has 156 valence electrons. The van der Waals surface area contributed by atoms with Crippen LogP contribution in [0.4, 0.5) is 11.4 Å². The van der Waals surface area contributed by atoms with Gasteiger partial charge in [0, 0.05) is 17.8 Å². The van der Waals surface area contributed by atoms with Gasteiger partial charge in [-0.15, -0.1) is 0 Å². The van der Waals surface area contributed by atoms with Crippen molar-refractivity contribution in [3.8, 4) is 5.69 Å². The third-order valence-electron chi connectivity index (χ3n) is 4.34. The maximum absolute atomic E-state index is 12.4. The number of carbonyl (C=O) groups is 1. The number of aromatic amines is 1. The Morgan fingerprint density at radius 1 is 1.26 bits per heavy atom. The zero-order valence-electron chi connectivity index (χ0n) is 16.2. The van der Waals surface area contributed by atoms with Crippen molar-refractivity contribution in [3.63, 3.8) is 0 Å². The van der Waals surface area contributed by atoms with E-state index < -0.39 is 4.92 Å². The zero-order valence-corrected chi connectivity index (χ0v) is 17.0. The van der Waals surface area contributed by atoms with Gasteiger partial charge in [0.25, 0.3) is 11.2 Å². The molecule has 0 saturated heterocycles. The van der Waals surface area contributed by atoms with Crippen LogP contribution in [0, 0.1) is 17.0 Å².